The Labute approximate surface area is 147 Å². The van der Waals surface area contributed by atoms with Gasteiger partial charge in [0, 0.05) is 6.61 Å². The summed E-state index contributed by atoms with van der Waals surface area (Å²) < 4.78 is 21.7. The third-order valence-corrected chi connectivity index (χ3v) is 4.69. The normalized spacial score (nSPS) is 14.3. The first-order chi connectivity index (χ1) is 12.3. The Balaban J connectivity index is 1.47. The zero-order valence-electron chi connectivity index (χ0n) is 14.1. The summed E-state index contributed by atoms with van der Waals surface area (Å²) in [6, 6.07) is 12.3. The number of hydrogen-bond acceptors (Lipinski definition) is 5. The third kappa shape index (κ3) is 3.66. The molecule has 2 aliphatic heterocycles. The molecule has 2 aliphatic rings. The summed E-state index contributed by atoms with van der Waals surface area (Å²) in [6.07, 6.45) is 3.65. The van der Waals surface area contributed by atoms with Crippen molar-refractivity contribution in [3.8, 4) is 23.0 Å². The first-order valence-corrected chi connectivity index (χ1v) is 8.70. The second kappa shape index (κ2) is 7.23. The molecule has 0 aromatic heterocycles. The van der Waals surface area contributed by atoms with E-state index < -0.39 is 0 Å². The topological polar surface area (TPSA) is 57.2 Å². The Morgan fingerprint density at radius 1 is 0.760 bits per heavy atom. The molecule has 0 saturated heterocycles. The zero-order valence-corrected chi connectivity index (χ0v) is 14.1. The van der Waals surface area contributed by atoms with Gasteiger partial charge < -0.3 is 24.1 Å². The van der Waals surface area contributed by atoms with Crippen molar-refractivity contribution >= 4 is 0 Å². The molecule has 5 nitrogen and oxygen atoms in total. The summed E-state index contributed by atoms with van der Waals surface area (Å²) in [4.78, 5) is 0. The minimum Gasteiger partial charge on any atom is -0.454 e. The molecule has 2 aromatic carbocycles. The molecule has 25 heavy (non-hydrogen) atoms. The second-order valence-corrected chi connectivity index (χ2v) is 6.52. The molecule has 0 aliphatic carbocycles. The van der Waals surface area contributed by atoms with E-state index in [1.165, 1.54) is 11.1 Å². The van der Waals surface area contributed by atoms with Crippen molar-refractivity contribution in [1.29, 1.82) is 0 Å². The highest BCUT2D eigenvalue weighted by atomic mass is 16.7. The molecule has 2 aromatic rings. The van der Waals surface area contributed by atoms with Crippen LogP contribution < -0.4 is 18.9 Å². The minimum absolute atomic E-state index is 0.221. The van der Waals surface area contributed by atoms with Crippen LogP contribution in [0.5, 0.6) is 23.0 Å². The lowest BCUT2D eigenvalue weighted by molar-refractivity contribution is 0.173. The van der Waals surface area contributed by atoms with E-state index in [0.717, 1.165) is 48.7 Å². The van der Waals surface area contributed by atoms with Crippen molar-refractivity contribution in [2.45, 2.75) is 25.7 Å². The van der Waals surface area contributed by atoms with Crippen LogP contribution in [0.3, 0.4) is 0 Å². The van der Waals surface area contributed by atoms with Crippen LogP contribution in [-0.2, 0) is 12.8 Å². The molecule has 0 fully saturated rings. The number of rotatable bonds is 7. The second-order valence-electron chi connectivity index (χ2n) is 6.52. The van der Waals surface area contributed by atoms with E-state index in [0.29, 0.717) is 19.5 Å². The highest BCUT2D eigenvalue weighted by Gasteiger charge is 2.18. The van der Waals surface area contributed by atoms with Gasteiger partial charge in [-0.25, -0.2) is 0 Å². The highest BCUT2D eigenvalue weighted by molar-refractivity contribution is 5.45. The number of aliphatic hydroxyl groups excluding tert-OH is 1. The Morgan fingerprint density at radius 3 is 1.80 bits per heavy atom. The molecule has 4 rings (SSSR count). The van der Waals surface area contributed by atoms with Crippen molar-refractivity contribution in [1.82, 2.24) is 0 Å². The average molecular weight is 342 g/mol. The van der Waals surface area contributed by atoms with Gasteiger partial charge in [-0.2, -0.15) is 0 Å². The minimum atomic E-state index is 0.221. The van der Waals surface area contributed by atoms with E-state index in [1.54, 1.807) is 0 Å². The average Bonchev–Trinajstić information content (AvgIpc) is 3.27. The van der Waals surface area contributed by atoms with E-state index in [9.17, 15) is 5.11 Å². The first-order valence-electron chi connectivity index (χ1n) is 8.70. The molecule has 1 N–H and O–H groups in total. The van der Waals surface area contributed by atoms with Crippen LogP contribution >= 0.6 is 0 Å². The standard InChI is InChI=1S/C20H22O5/c21-7-1-2-14(8-15-3-5-17-19(10-15)24-12-22-17)9-16-4-6-18-20(11-16)25-13-23-18/h3-6,10-11,14,21H,1-2,7-9,12-13H2. The van der Waals surface area contributed by atoms with Crippen molar-refractivity contribution < 1.29 is 24.1 Å². The maximum atomic E-state index is 9.23. The van der Waals surface area contributed by atoms with Gasteiger partial charge in [-0.3, -0.25) is 0 Å². The largest absolute Gasteiger partial charge is 0.454 e. The number of hydrogen-bond donors (Lipinski definition) is 1. The molecule has 0 atom stereocenters. The SMILES string of the molecule is OCCCC(Cc1ccc2c(c1)OCO2)Cc1ccc2c(c1)OCO2. The maximum absolute atomic E-state index is 9.23. The summed E-state index contributed by atoms with van der Waals surface area (Å²) in [6.45, 7) is 0.812. The van der Waals surface area contributed by atoms with Gasteiger partial charge in [0.2, 0.25) is 13.6 Å². The molecule has 5 heteroatoms. The van der Waals surface area contributed by atoms with Gasteiger partial charge in [-0.15, -0.1) is 0 Å². The van der Waals surface area contributed by atoms with Gasteiger partial charge in [-0.1, -0.05) is 12.1 Å². The molecular weight excluding hydrogens is 320 g/mol. The zero-order chi connectivity index (χ0) is 17.1. The van der Waals surface area contributed by atoms with E-state index in [1.807, 2.05) is 12.1 Å². The quantitative estimate of drug-likeness (QED) is 0.836. The van der Waals surface area contributed by atoms with E-state index in [4.69, 9.17) is 18.9 Å². The molecule has 2 heterocycles. The maximum Gasteiger partial charge on any atom is 0.231 e. The van der Waals surface area contributed by atoms with Crippen LogP contribution in [-0.4, -0.2) is 25.3 Å². The summed E-state index contributed by atoms with van der Waals surface area (Å²) in [5.41, 5.74) is 2.46. The lowest BCUT2D eigenvalue weighted by Crippen LogP contribution is -2.09. The molecule has 0 unspecified atom stereocenters. The van der Waals surface area contributed by atoms with Crippen molar-refractivity contribution in [2.75, 3.05) is 20.2 Å². The van der Waals surface area contributed by atoms with Crippen molar-refractivity contribution in [2.24, 2.45) is 5.92 Å². The smallest absolute Gasteiger partial charge is 0.231 e. The fraction of sp³-hybridized carbons (Fsp3) is 0.400. The van der Waals surface area contributed by atoms with Crippen molar-refractivity contribution in [3.05, 3.63) is 47.5 Å². The summed E-state index contributed by atoms with van der Waals surface area (Å²) >= 11 is 0. The molecule has 0 saturated carbocycles. The summed E-state index contributed by atoms with van der Waals surface area (Å²) in [7, 11) is 0. The Kier molecular flexibility index (Phi) is 4.65. The summed E-state index contributed by atoms with van der Waals surface area (Å²) in [5.74, 6) is 3.70. The summed E-state index contributed by atoms with van der Waals surface area (Å²) in [5, 5.41) is 9.23. The first kappa shape index (κ1) is 16.1. The molecule has 0 radical (unpaired) electrons. The van der Waals surface area contributed by atoms with Crippen LogP contribution in [0.2, 0.25) is 0 Å². The number of aliphatic hydroxyl groups is 1. The van der Waals surface area contributed by atoms with Crippen LogP contribution in [0.25, 0.3) is 0 Å². The lowest BCUT2D eigenvalue weighted by Gasteiger charge is -2.17. The predicted molar refractivity (Wildman–Crippen MR) is 92.3 cm³/mol. The molecule has 132 valence electrons. The van der Waals surface area contributed by atoms with Crippen LogP contribution in [0.4, 0.5) is 0 Å². The molecule has 0 amide bonds. The van der Waals surface area contributed by atoms with Crippen LogP contribution in [0.15, 0.2) is 36.4 Å². The molecular formula is C20H22O5. The highest BCUT2D eigenvalue weighted by Crippen LogP contribution is 2.35. The Hall–Kier alpha value is -2.40. The molecule has 0 bridgehead atoms. The van der Waals surface area contributed by atoms with Gasteiger partial charge in [-0.05, 0) is 67.0 Å². The predicted octanol–water partition coefficient (Wildman–Crippen LogP) is 3.32. The van der Waals surface area contributed by atoms with Gasteiger partial charge in [0.1, 0.15) is 0 Å². The van der Waals surface area contributed by atoms with Crippen LogP contribution in [0.1, 0.15) is 24.0 Å². The van der Waals surface area contributed by atoms with Crippen molar-refractivity contribution in [3.63, 3.8) is 0 Å². The fourth-order valence-electron chi connectivity index (χ4n) is 3.46. The van der Waals surface area contributed by atoms with E-state index in [2.05, 4.69) is 24.3 Å². The van der Waals surface area contributed by atoms with Gasteiger partial charge in [0.15, 0.2) is 23.0 Å². The number of ether oxygens (including phenoxy) is 4. The van der Waals surface area contributed by atoms with Gasteiger partial charge in [0.05, 0.1) is 0 Å². The van der Waals surface area contributed by atoms with E-state index >= 15 is 0 Å². The monoisotopic (exact) mass is 342 g/mol. The lowest BCUT2D eigenvalue weighted by atomic mass is 9.89. The Bertz CT molecular complexity index is 683. The number of benzene rings is 2. The third-order valence-electron chi connectivity index (χ3n) is 4.69. The van der Waals surface area contributed by atoms with Gasteiger partial charge >= 0.3 is 0 Å². The number of fused-ring (bicyclic) bond motifs is 2. The van der Waals surface area contributed by atoms with Crippen LogP contribution in [0, 0.1) is 5.92 Å². The fourth-order valence-corrected chi connectivity index (χ4v) is 3.46. The van der Waals surface area contributed by atoms with E-state index in [-0.39, 0.29) is 6.61 Å². The van der Waals surface area contributed by atoms with Gasteiger partial charge in [0.25, 0.3) is 0 Å². The Morgan fingerprint density at radius 2 is 1.28 bits per heavy atom. The molecule has 0 spiro atoms.